The number of aromatic nitrogens is 8. The van der Waals surface area contributed by atoms with E-state index in [0.29, 0.717) is 90.6 Å². The molecule has 0 atom stereocenters. The summed E-state index contributed by atoms with van der Waals surface area (Å²) in [5.74, 6) is 1.88. The Hall–Kier alpha value is -15.8. The minimum atomic E-state index is -0.394. The van der Waals surface area contributed by atoms with Crippen LogP contribution < -0.4 is 0 Å². The first-order valence-electron chi connectivity index (χ1n) is 36.4. The van der Waals surface area contributed by atoms with Gasteiger partial charge in [-0.1, -0.05) is 243 Å². The largest absolute Gasteiger partial charge is 0.309 e. The van der Waals surface area contributed by atoms with E-state index in [-0.39, 0.29) is 5.82 Å². The molecule has 0 radical (unpaired) electrons. The summed E-state index contributed by atoms with van der Waals surface area (Å²) in [6, 6.07) is 118. The molecule has 0 amide bonds. The van der Waals surface area contributed by atoms with E-state index in [0.717, 1.165) is 116 Å². The maximum Gasteiger partial charge on any atom is 0.164 e. The Kier molecular flexibility index (Phi) is 16.8. The van der Waals surface area contributed by atoms with Crippen molar-refractivity contribution in [2.75, 3.05) is 0 Å². The van der Waals surface area contributed by atoms with E-state index in [9.17, 15) is 15.8 Å². The molecule has 19 rings (SSSR count). The Balaban J connectivity index is 0.786. The minimum absolute atomic E-state index is 0.378. The highest BCUT2D eigenvalue weighted by Crippen LogP contribution is 2.45. The molecule has 0 fully saturated rings. The van der Waals surface area contributed by atoms with Gasteiger partial charge in [0.15, 0.2) is 34.9 Å². The molecule has 522 valence electrons. The summed E-state index contributed by atoms with van der Waals surface area (Å²) in [5.41, 5.74) is 20.2. The maximum absolute atomic E-state index is 15.5. The van der Waals surface area contributed by atoms with Crippen molar-refractivity contribution in [3.8, 4) is 165 Å². The lowest BCUT2D eigenvalue weighted by Crippen LogP contribution is -2.02. The van der Waals surface area contributed by atoms with Gasteiger partial charge in [-0.15, -0.1) is 0 Å². The van der Waals surface area contributed by atoms with Gasteiger partial charge in [0.05, 0.1) is 57.0 Å². The van der Waals surface area contributed by atoms with Gasteiger partial charge in [-0.25, -0.2) is 38.7 Å². The van der Waals surface area contributed by atoms with Crippen LogP contribution in [0.2, 0.25) is 0 Å². The average molecular weight is 1440 g/mol. The normalized spacial score (nSPS) is 11.3. The third kappa shape index (κ3) is 12.3. The SMILES string of the molecule is N#Cc1cccc(-c2ccc3c(c2)c2ccc(-c4ccc(-c5ccc6c7ccc(-c8ccccc8C#N)cc7n(-c7ccc(-c8cccc(F)c8)c(-c8nc(-c9ccccc9)nc(-c9ccccc9)n8)c7)c6c5)c(C#N)c4)cc2n3-c2ccc(-c3cccc(F)c3)c(-c3nc(-c4ccccc4)nc(-c4ccccc4)n3)c2)c1. The smallest absolute Gasteiger partial charge is 0.164 e. The lowest BCUT2D eigenvalue weighted by Gasteiger charge is -2.16. The summed E-state index contributed by atoms with van der Waals surface area (Å²) >= 11 is 0. The summed E-state index contributed by atoms with van der Waals surface area (Å²) in [6.07, 6.45) is 0. The van der Waals surface area contributed by atoms with Crippen LogP contribution >= 0.6 is 0 Å². The fourth-order valence-electron chi connectivity index (χ4n) is 15.3. The van der Waals surface area contributed by atoms with Gasteiger partial charge in [-0.3, -0.25) is 0 Å². The second kappa shape index (κ2) is 28.2. The third-order valence-corrected chi connectivity index (χ3v) is 20.7. The predicted octanol–water partition coefficient (Wildman–Crippen LogP) is 24.1. The molecule has 13 heteroatoms. The molecule has 4 aromatic heterocycles. The monoisotopic (exact) mass is 1440 g/mol. The highest BCUT2D eigenvalue weighted by Gasteiger charge is 2.25. The fraction of sp³-hybridized carbons (Fsp3) is 0. The first kappa shape index (κ1) is 66.9. The molecule has 112 heavy (non-hydrogen) atoms. The molecule has 0 saturated carbocycles. The lowest BCUT2D eigenvalue weighted by molar-refractivity contribution is 0.628. The van der Waals surface area contributed by atoms with Crippen molar-refractivity contribution in [1.82, 2.24) is 39.0 Å². The van der Waals surface area contributed by atoms with Gasteiger partial charge in [0.25, 0.3) is 0 Å². The van der Waals surface area contributed by atoms with Crippen molar-refractivity contribution in [3.05, 3.63) is 374 Å². The molecular formula is C99H57F2N11. The van der Waals surface area contributed by atoms with Gasteiger partial charge in [0.1, 0.15) is 11.6 Å². The molecule has 0 spiro atoms. The Bertz CT molecular complexity index is 7020. The zero-order chi connectivity index (χ0) is 75.3. The molecule has 19 aromatic rings. The van der Waals surface area contributed by atoms with Crippen LogP contribution in [0.3, 0.4) is 0 Å². The number of fused-ring (bicyclic) bond motifs is 6. The molecule has 0 unspecified atom stereocenters. The molecule has 0 N–H and O–H groups in total. The number of hydrogen-bond acceptors (Lipinski definition) is 9. The fourth-order valence-corrected chi connectivity index (χ4v) is 15.3. The first-order chi connectivity index (χ1) is 55.1. The predicted molar refractivity (Wildman–Crippen MR) is 441 cm³/mol. The van der Waals surface area contributed by atoms with Crippen molar-refractivity contribution in [3.63, 3.8) is 0 Å². The number of rotatable bonds is 14. The Morgan fingerprint density at radius 2 is 0.571 bits per heavy atom. The second-order valence-corrected chi connectivity index (χ2v) is 27.4. The van der Waals surface area contributed by atoms with Crippen LogP contribution in [0.15, 0.2) is 346 Å². The van der Waals surface area contributed by atoms with Crippen LogP contribution in [-0.2, 0) is 0 Å². The van der Waals surface area contributed by atoms with Crippen LogP contribution in [0.1, 0.15) is 16.7 Å². The van der Waals surface area contributed by atoms with E-state index >= 15 is 8.78 Å². The number of benzene rings is 15. The molecule has 0 aliphatic rings. The Morgan fingerprint density at radius 3 is 1.06 bits per heavy atom. The van der Waals surface area contributed by atoms with E-state index in [1.54, 1.807) is 18.2 Å². The lowest BCUT2D eigenvalue weighted by atomic mass is 9.94. The maximum atomic E-state index is 15.5. The van der Waals surface area contributed by atoms with Crippen LogP contribution in [0.25, 0.3) is 190 Å². The molecule has 4 heterocycles. The zero-order valence-corrected chi connectivity index (χ0v) is 59.6. The van der Waals surface area contributed by atoms with Crippen molar-refractivity contribution in [2.24, 2.45) is 0 Å². The van der Waals surface area contributed by atoms with Gasteiger partial charge in [0, 0.05) is 66.3 Å². The number of nitriles is 3. The summed E-state index contributed by atoms with van der Waals surface area (Å²) < 4.78 is 35.4. The highest BCUT2D eigenvalue weighted by atomic mass is 19.1. The van der Waals surface area contributed by atoms with Crippen molar-refractivity contribution in [1.29, 1.82) is 15.8 Å². The number of nitrogens with zero attached hydrogens (tertiary/aromatic N) is 11. The van der Waals surface area contributed by atoms with Crippen LogP contribution in [-0.4, -0.2) is 39.0 Å². The van der Waals surface area contributed by atoms with Gasteiger partial charge in [0.2, 0.25) is 0 Å². The third-order valence-electron chi connectivity index (χ3n) is 20.7. The van der Waals surface area contributed by atoms with Gasteiger partial charge < -0.3 is 9.13 Å². The molecule has 11 nitrogen and oxygen atoms in total. The van der Waals surface area contributed by atoms with Gasteiger partial charge in [-0.2, -0.15) is 15.8 Å². The molecular weight excluding hydrogens is 1380 g/mol. The van der Waals surface area contributed by atoms with Gasteiger partial charge in [-0.05, 0) is 170 Å². The van der Waals surface area contributed by atoms with Crippen LogP contribution in [0.4, 0.5) is 8.78 Å². The summed E-state index contributed by atoms with van der Waals surface area (Å²) in [6.45, 7) is 0. The zero-order valence-electron chi connectivity index (χ0n) is 59.6. The molecule has 0 saturated heterocycles. The van der Waals surface area contributed by atoms with E-state index in [1.165, 1.54) is 24.3 Å². The number of halogens is 2. The quantitative estimate of drug-likeness (QED) is 0.103. The molecule has 0 aliphatic heterocycles. The number of hydrogen-bond donors (Lipinski definition) is 0. The molecule has 15 aromatic carbocycles. The summed E-state index contributed by atoms with van der Waals surface area (Å²) in [4.78, 5) is 31.0. The van der Waals surface area contributed by atoms with Crippen LogP contribution in [0, 0.1) is 45.6 Å². The summed E-state index contributed by atoms with van der Waals surface area (Å²) in [5, 5.41) is 35.8. The highest BCUT2D eigenvalue weighted by molar-refractivity contribution is 6.13. The molecule has 0 bridgehead atoms. The van der Waals surface area contributed by atoms with E-state index in [2.05, 4.69) is 118 Å². The second-order valence-electron chi connectivity index (χ2n) is 27.4. The standard InChI is InChI=1S/C99H57F2N11/c100-76-31-16-29-70(50-76)82-45-39-78(56-88(82)98-107-94(62-19-5-1-6-20-62)105-95(108-98)63-21-7-2-8-22-63)111-90-47-38-68(66-28-15-18-61(48-66)58-102)52-87(90)86-42-35-69(53-91(86)111)67-34-41-81(75(49-67)60-104)73-37-44-85-84-43-36-72(80-33-14-13-27-74(80)59-103)54-92(84)112(93(85)55-73)79-40-46-83(71-30-17-32-77(101)51-71)89(57-79)99-109-96(64-23-9-3-10-24-64)106-97(110-99)65-25-11-4-12-26-65/h1-57H. The van der Waals surface area contributed by atoms with E-state index < -0.39 is 5.82 Å². The van der Waals surface area contributed by atoms with E-state index in [4.69, 9.17) is 29.9 Å². The van der Waals surface area contributed by atoms with Crippen molar-refractivity contribution in [2.45, 2.75) is 0 Å². The first-order valence-corrected chi connectivity index (χ1v) is 36.4. The molecule has 0 aliphatic carbocycles. The van der Waals surface area contributed by atoms with Crippen molar-refractivity contribution >= 4 is 43.6 Å². The van der Waals surface area contributed by atoms with Gasteiger partial charge >= 0.3 is 0 Å². The minimum Gasteiger partial charge on any atom is -0.309 e. The Labute approximate surface area is 642 Å². The average Bonchev–Trinajstić information content (AvgIpc) is 1.59. The summed E-state index contributed by atoms with van der Waals surface area (Å²) in [7, 11) is 0. The van der Waals surface area contributed by atoms with Crippen molar-refractivity contribution < 1.29 is 8.78 Å². The Morgan fingerprint density at radius 1 is 0.214 bits per heavy atom. The van der Waals surface area contributed by atoms with Crippen LogP contribution in [0.5, 0.6) is 0 Å². The van der Waals surface area contributed by atoms with E-state index in [1.807, 2.05) is 212 Å². The topological polar surface area (TPSA) is 159 Å².